The molecular formula is C16H17ClF3N5O2. The fraction of sp³-hybridized carbons (Fsp3) is 0.438. The van der Waals surface area contributed by atoms with Crippen LogP contribution in [0, 0.1) is 0 Å². The van der Waals surface area contributed by atoms with Crippen molar-refractivity contribution in [2.45, 2.75) is 25.1 Å². The molecule has 1 aliphatic rings. The van der Waals surface area contributed by atoms with Gasteiger partial charge in [0, 0.05) is 20.1 Å². The number of hydrogen-bond acceptors (Lipinski definition) is 3. The molecule has 1 fully saturated rings. The second-order valence-corrected chi connectivity index (χ2v) is 6.64. The zero-order valence-corrected chi connectivity index (χ0v) is 15.1. The van der Waals surface area contributed by atoms with Gasteiger partial charge in [-0.25, -0.2) is 14.3 Å². The Morgan fingerprint density at radius 3 is 2.44 bits per heavy atom. The number of alkyl halides is 3. The summed E-state index contributed by atoms with van der Waals surface area (Å²) in [6.07, 6.45) is -4.05. The minimum atomic E-state index is -4.70. The van der Waals surface area contributed by atoms with Crippen molar-refractivity contribution in [1.82, 2.24) is 19.2 Å². The largest absolute Gasteiger partial charge is 0.451 e. The van der Waals surface area contributed by atoms with E-state index in [0.717, 1.165) is 11.7 Å². The van der Waals surface area contributed by atoms with Crippen LogP contribution in [0.3, 0.4) is 0 Å². The number of carbonyl (C=O) groups is 1. The number of benzene rings is 1. The molecule has 1 aliphatic heterocycles. The lowest BCUT2D eigenvalue weighted by molar-refractivity contribution is -0.147. The number of hydrogen-bond donors (Lipinski definition) is 1. The first kappa shape index (κ1) is 19.3. The molecule has 0 aliphatic carbocycles. The van der Waals surface area contributed by atoms with E-state index in [1.54, 1.807) is 24.3 Å². The first-order valence-electron chi connectivity index (χ1n) is 8.21. The fourth-order valence-electron chi connectivity index (χ4n) is 3.01. The number of amides is 2. The lowest BCUT2D eigenvalue weighted by atomic mass is 10.1. The number of nitrogens with zero attached hydrogens (tertiary/aromatic N) is 4. The summed E-state index contributed by atoms with van der Waals surface area (Å²) >= 11 is 6.01. The molecule has 2 heterocycles. The molecule has 0 radical (unpaired) electrons. The van der Waals surface area contributed by atoms with Gasteiger partial charge >= 0.3 is 17.9 Å². The van der Waals surface area contributed by atoms with Crippen molar-refractivity contribution < 1.29 is 18.0 Å². The van der Waals surface area contributed by atoms with Gasteiger partial charge < -0.3 is 10.2 Å². The fourth-order valence-corrected chi connectivity index (χ4v) is 3.19. The maximum atomic E-state index is 12.9. The molecule has 3 rings (SSSR count). The summed E-state index contributed by atoms with van der Waals surface area (Å²) in [5.74, 6) is -1.23. The van der Waals surface area contributed by atoms with Crippen LogP contribution in [-0.4, -0.2) is 38.4 Å². The van der Waals surface area contributed by atoms with Crippen LogP contribution in [-0.2, 0) is 13.2 Å². The third kappa shape index (κ3) is 3.95. The summed E-state index contributed by atoms with van der Waals surface area (Å²) in [6.45, 7) is 0.566. The summed E-state index contributed by atoms with van der Waals surface area (Å²) in [5.41, 5.74) is -0.344. The Bertz CT molecular complexity index is 900. The number of anilines is 1. The Labute approximate surface area is 157 Å². The van der Waals surface area contributed by atoms with Gasteiger partial charge in [-0.15, -0.1) is 5.10 Å². The number of para-hydroxylation sites is 1. The number of carbonyl (C=O) groups excluding carboxylic acids is 1. The average Bonchev–Trinajstić information content (AvgIpc) is 2.92. The molecule has 0 bridgehead atoms. The minimum absolute atomic E-state index is 0.283. The highest BCUT2D eigenvalue weighted by Gasteiger charge is 2.39. The first-order valence-corrected chi connectivity index (χ1v) is 8.59. The Balaban J connectivity index is 1.67. The van der Waals surface area contributed by atoms with Gasteiger partial charge in [0.2, 0.25) is 5.82 Å². The first-order chi connectivity index (χ1) is 12.7. The summed E-state index contributed by atoms with van der Waals surface area (Å²) < 4.78 is 40.1. The minimum Gasteiger partial charge on any atom is -0.324 e. The van der Waals surface area contributed by atoms with E-state index in [4.69, 9.17) is 11.6 Å². The second-order valence-electron chi connectivity index (χ2n) is 6.24. The third-order valence-electron chi connectivity index (χ3n) is 4.47. The van der Waals surface area contributed by atoms with Gasteiger partial charge in [0.25, 0.3) is 0 Å². The van der Waals surface area contributed by atoms with E-state index >= 15 is 0 Å². The number of piperidine rings is 1. The molecule has 1 saturated heterocycles. The van der Waals surface area contributed by atoms with E-state index in [2.05, 4.69) is 10.4 Å². The van der Waals surface area contributed by atoms with Crippen LogP contribution in [0.4, 0.5) is 23.7 Å². The van der Waals surface area contributed by atoms with E-state index in [1.165, 1.54) is 4.90 Å². The molecule has 7 nitrogen and oxygen atoms in total. The van der Waals surface area contributed by atoms with E-state index < -0.39 is 23.7 Å². The SMILES string of the molecule is Cn1c(C(F)(F)F)nn(C2CCN(C(=O)Nc3ccccc3Cl)CC2)c1=O. The van der Waals surface area contributed by atoms with Crippen LogP contribution < -0.4 is 11.0 Å². The van der Waals surface area contributed by atoms with Crippen molar-refractivity contribution in [2.75, 3.05) is 18.4 Å². The molecule has 27 heavy (non-hydrogen) atoms. The number of aromatic nitrogens is 3. The van der Waals surface area contributed by atoms with Crippen molar-refractivity contribution in [3.8, 4) is 0 Å². The van der Waals surface area contributed by atoms with Gasteiger partial charge in [0.1, 0.15) is 0 Å². The Kier molecular flexibility index (Phi) is 5.18. The molecule has 0 saturated carbocycles. The number of urea groups is 1. The molecule has 0 atom stereocenters. The lowest BCUT2D eigenvalue weighted by Crippen LogP contribution is -2.43. The standard InChI is InChI=1S/C16H17ClF3N5O2/c1-23-13(16(18,19)20)22-25(15(23)27)10-6-8-24(9-7-10)14(26)21-12-5-3-2-4-11(12)17/h2-5,10H,6-9H2,1H3,(H,21,26). The number of halogens is 4. The summed E-state index contributed by atoms with van der Waals surface area (Å²) in [6, 6.07) is 5.94. The van der Waals surface area contributed by atoms with Crippen molar-refractivity contribution >= 4 is 23.3 Å². The monoisotopic (exact) mass is 403 g/mol. The summed E-state index contributed by atoms with van der Waals surface area (Å²) in [7, 11) is 1.04. The van der Waals surface area contributed by atoms with E-state index in [0.29, 0.717) is 28.1 Å². The summed E-state index contributed by atoms with van der Waals surface area (Å²) in [5, 5.41) is 6.56. The van der Waals surface area contributed by atoms with Gasteiger partial charge in [-0.3, -0.25) is 4.57 Å². The van der Waals surface area contributed by atoms with Gasteiger partial charge in [0.15, 0.2) is 0 Å². The molecule has 11 heteroatoms. The van der Waals surface area contributed by atoms with Gasteiger partial charge in [0.05, 0.1) is 16.8 Å². The predicted molar refractivity (Wildman–Crippen MR) is 92.8 cm³/mol. The average molecular weight is 404 g/mol. The molecule has 1 N–H and O–H groups in total. The Morgan fingerprint density at radius 1 is 1.26 bits per heavy atom. The van der Waals surface area contributed by atoms with Crippen LogP contribution in [0.2, 0.25) is 5.02 Å². The normalized spacial score (nSPS) is 15.8. The molecular weight excluding hydrogens is 387 g/mol. The van der Waals surface area contributed by atoms with Crippen LogP contribution in [0.15, 0.2) is 29.1 Å². The van der Waals surface area contributed by atoms with E-state index in [-0.39, 0.29) is 19.1 Å². The zero-order chi connectivity index (χ0) is 19.8. The van der Waals surface area contributed by atoms with Crippen molar-refractivity contribution in [2.24, 2.45) is 7.05 Å². The zero-order valence-electron chi connectivity index (χ0n) is 14.3. The predicted octanol–water partition coefficient (Wildman–Crippen LogP) is 3.12. The number of nitrogens with one attached hydrogen (secondary N) is 1. The quantitative estimate of drug-likeness (QED) is 0.837. The van der Waals surface area contributed by atoms with Crippen LogP contribution in [0.5, 0.6) is 0 Å². The molecule has 0 spiro atoms. The molecule has 1 aromatic heterocycles. The van der Waals surface area contributed by atoms with Gasteiger partial charge in [-0.2, -0.15) is 13.2 Å². The Hall–Kier alpha value is -2.49. The van der Waals surface area contributed by atoms with E-state index in [9.17, 15) is 22.8 Å². The van der Waals surface area contributed by atoms with Crippen LogP contribution in [0.1, 0.15) is 24.7 Å². The van der Waals surface area contributed by atoms with Crippen LogP contribution >= 0.6 is 11.6 Å². The van der Waals surface area contributed by atoms with Crippen molar-refractivity contribution in [3.63, 3.8) is 0 Å². The van der Waals surface area contributed by atoms with Crippen molar-refractivity contribution in [3.05, 3.63) is 45.6 Å². The number of likely N-dealkylation sites (tertiary alicyclic amines) is 1. The van der Waals surface area contributed by atoms with Gasteiger partial charge in [-0.1, -0.05) is 23.7 Å². The highest BCUT2D eigenvalue weighted by atomic mass is 35.5. The smallest absolute Gasteiger partial charge is 0.324 e. The molecule has 0 unspecified atom stereocenters. The maximum absolute atomic E-state index is 12.9. The molecule has 2 amide bonds. The van der Waals surface area contributed by atoms with E-state index in [1.807, 2.05) is 0 Å². The summed E-state index contributed by atoms with van der Waals surface area (Å²) in [4.78, 5) is 26.0. The molecule has 2 aromatic rings. The molecule has 1 aromatic carbocycles. The maximum Gasteiger partial charge on any atom is 0.451 e. The lowest BCUT2D eigenvalue weighted by Gasteiger charge is -2.31. The molecule has 146 valence electrons. The number of rotatable bonds is 2. The highest BCUT2D eigenvalue weighted by Crippen LogP contribution is 2.28. The van der Waals surface area contributed by atoms with Crippen LogP contribution in [0.25, 0.3) is 0 Å². The second kappa shape index (κ2) is 7.26. The van der Waals surface area contributed by atoms with Gasteiger partial charge in [-0.05, 0) is 25.0 Å². The topological polar surface area (TPSA) is 72.2 Å². The Morgan fingerprint density at radius 2 is 1.89 bits per heavy atom. The third-order valence-corrected chi connectivity index (χ3v) is 4.80. The van der Waals surface area contributed by atoms with Crippen molar-refractivity contribution in [1.29, 1.82) is 0 Å². The highest BCUT2D eigenvalue weighted by molar-refractivity contribution is 6.33.